The van der Waals surface area contributed by atoms with Gasteiger partial charge in [-0.05, 0) is 37.3 Å². The van der Waals surface area contributed by atoms with Gasteiger partial charge < -0.3 is 19.3 Å². The van der Waals surface area contributed by atoms with Crippen LogP contribution in [0.3, 0.4) is 0 Å². The summed E-state index contributed by atoms with van der Waals surface area (Å²) in [5, 5.41) is 0. The highest BCUT2D eigenvalue weighted by Crippen LogP contribution is 2.23. The number of pyridine rings is 1. The molecule has 0 aromatic carbocycles. The van der Waals surface area contributed by atoms with Crippen LogP contribution in [0.1, 0.15) is 31.2 Å². The molecule has 27 heavy (non-hydrogen) atoms. The highest BCUT2D eigenvalue weighted by molar-refractivity contribution is 5.80. The summed E-state index contributed by atoms with van der Waals surface area (Å²) in [6.45, 7) is 3.36. The Balaban J connectivity index is 1.45. The van der Waals surface area contributed by atoms with Gasteiger partial charge in [0.2, 0.25) is 11.8 Å². The van der Waals surface area contributed by atoms with Crippen LogP contribution < -0.4 is 0 Å². The Morgan fingerprint density at radius 2 is 2.00 bits per heavy atom. The fourth-order valence-electron chi connectivity index (χ4n) is 3.82. The molecule has 0 spiro atoms. The lowest BCUT2D eigenvalue weighted by Gasteiger charge is -2.37. The topological polar surface area (TPSA) is 72.0 Å². The second-order valence-electron chi connectivity index (χ2n) is 7.31. The predicted octanol–water partition coefficient (Wildman–Crippen LogP) is 1.47. The number of nitrogens with zero attached hydrogens (tertiary/aromatic N) is 3. The van der Waals surface area contributed by atoms with Crippen molar-refractivity contribution in [2.75, 3.05) is 39.9 Å². The van der Waals surface area contributed by atoms with E-state index in [9.17, 15) is 9.59 Å². The summed E-state index contributed by atoms with van der Waals surface area (Å²) in [5.41, 5.74) is 1.05. The van der Waals surface area contributed by atoms with Gasteiger partial charge in [-0.2, -0.15) is 0 Å². The minimum Gasteiger partial charge on any atom is -0.375 e. The van der Waals surface area contributed by atoms with Crippen LogP contribution in [-0.4, -0.2) is 72.6 Å². The molecule has 0 aliphatic carbocycles. The third kappa shape index (κ3) is 5.49. The summed E-state index contributed by atoms with van der Waals surface area (Å²) in [7, 11) is 1.53. The quantitative estimate of drug-likeness (QED) is 0.753. The summed E-state index contributed by atoms with van der Waals surface area (Å²) >= 11 is 0. The highest BCUT2D eigenvalue weighted by Gasteiger charge is 2.32. The standard InChI is InChI=1S/C20H29N3O4/c1-26-15-19(24)22-10-6-17(7-11-22)20(25)23-9-3-5-18(13-23)27-14-16-4-2-8-21-12-16/h2,4,8,12,17-18H,3,5-7,9-11,13-15H2,1H3/t18-/m1/s1. The van der Waals surface area contributed by atoms with Crippen LogP contribution in [0.5, 0.6) is 0 Å². The summed E-state index contributed by atoms with van der Waals surface area (Å²) in [4.78, 5) is 32.7. The number of likely N-dealkylation sites (tertiary alicyclic amines) is 2. The second kappa shape index (κ2) is 9.80. The molecule has 0 unspecified atom stereocenters. The van der Waals surface area contributed by atoms with E-state index in [2.05, 4.69) is 4.98 Å². The Morgan fingerprint density at radius 3 is 2.70 bits per heavy atom. The number of rotatable bonds is 6. The summed E-state index contributed by atoms with van der Waals surface area (Å²) in [6.07, 6.45) is 7.04. The molecule has 2 saturated heterocycles. The largest absolute Gasteiger partial charge is 0.375 e. The minimum absolute atomic E-state index is 0.00485. The van der Waals surface area contributed by atoms with Crippen LogP contribution in [0.15, 0.2) is 24.5 Å². The molecule has 0 N–H and O–H groups in total. The molecular formula is C20H29N3O4. The smallest absolute Gasteiger partial charge is 0.248 e. The minimum atomic E-state index is 0.00485. The summed E-state index contributed by atoms with van der Waals surface area (Å²) in [5.74, 6) is 0.224. The van der Waals surface area contributed by atoms with Gasteiger partial charge in [-0.25, -0.2) is 0 Å². The molecule has 148 valence electrons. The molecule has 2 aliphatic rings. The molecule has 0 bridgehead atoms. The molecule has 2 amide bonds. The van der Waals surface area contributed by atoms with E-state index in [-0.39, 0.29) is 30.4 Å². The first-order chi connectivity index (χ1) is 13.2. The molecule has 2 fully saturated rings. The molecule has 1 aromatic heterocycles. The van der Waals surface area contributed by atoms with Gasteiger partial charge in [0, 0.05) is 51.6 Å². The molecule has 0 radical (unpaired) electrons. The van der Waals surface area contributed by atoms with Crippen molar-refractivity contribution in [1.29, 1.82) is 0 Å². The first kappa shape index (κ1) is 19.8. The molecule has 3 rings (SSSR count). The third-order valence-corrected chi connectivity index (χ3v) is 5.36. The Hall–Kier alpha value is -1.99. The SMILES string of the molecule is COCC(=O)N1CCC(C(=O)N2CCC[C@@H](OCc3cccnc3)C2)CC1. The van der Waals surface area contributed by atoms with Crippen LogP contribution in [0.2, 0.25) is 0 Å². The van der Waals surface area contributed by atoms with E-state index in [0.29, 0.717) is 26.2 Å². The number of hydrogen-bond acceptors (Lipinski definition) is 5. The Bertz CT molecular complexity index is 617. The Kier molecular flexibility index (Phi) is 7.18. The van der Waals surface area contributed by atoms with Crippen molar-refractivity contribution >= 4 is 11.8 Å². The maximum Gasteiger partial charge on any atom is 0.248 e. The van der Waals surface area contributed by atoms with E-state index in [1.807, 2.05) is 23.2 Å². The molecule has 7 heteroatoms. The Morgan fingerprint density at radius 1 is 1.19 bits per heavy atom. The zero-order valence-electron chi connectivity index (χ0n) is 16.0. The van der Waals surface area contributed by atoms with Gasteiger partial charge >= 0.3 is 0 Å². The molecule has 1 aromatic rings. The number of methoxy groups -OCH3 is 1. The molecule has 2 aliphatic heterocycles. The van der Waals surface area contributed by atoms with Crippen molar-refractivity contribution in [3.05, 3.63) is 30.1 Å². The van der Waals surface area contributed by atoms with E-state index >= 15 is 0 Å². The van der Waals surface area contributed by atoms with Gasteiger partial charge in [0.15, 0.2) is 0 Å². The lowest BCUT2D eigenvalue weighted by molar-refractivity contribution is -0.145. The van der Waals surface area contributed by atoms with Gasteiger partial charge in [-0.1, -0.05) is 6.07 Å². The fourth-order valence-corrected chi connectivity index (χ4v) is 3.82. The number of carbonyl (C=O) groups excluding carboxylic acids is 2. The highest BCUT2D eigenvalue weighted by atomic mass is 16.5. The first-order valence-electron chi connectivity index (χ1n) is 9.73. The number of carbonyl (C=O) groups is 2. The van der Waals surface area contributed by atoms with E-state index in [1.54, 1.807) is 11.1 Å². The van der Waals surface area contributed by atoms with Crippen molar-refractivity contribution < 1.29 is 19.1 Å². The summed E-state index contributed by atoms with van der Waals surface area (Å²) in [6, 6.07) is 3.90. The van der Waals surface area contributed by atoms with Crippen molar-refractivity contribution in [3.8, 4) is 0 Å². The number of aromatic nitrogens is 1. The maximum atomic E-state index is 12.9. The number of hydrogen-bond donors (Lipinski definition) is 0. The maximum absolute atomic E-state index is 12.9. The average Bonchev–Trinajstić information content (AvgIpc) is 2.73. The monoisotopic (exact) mass is 375 g/mol. The third-order valence-electron chi connectivity index (χ3n) is 5.36. The first-order valence-corrected chi connectivity index (χ1v) is 9.73. The second-order valence-corrected chi connectivity index (χ2v) is 7.31. The molecular weight excluding hydrogens is 346 g/mol. The molecule has 7 nitrogen and oxygen atoms in total. The average molecular weight is 375 g/mol. The van der Waals surface area contributed by atoms with Gasteiger partial charge in [0.05, 0.1) is 12.7 Å². The van der Waals surface area contributed by atoms with Crippen LogP contribution in [0.4, 0.5) is 0 Å². The zero-order valence-corrected chi connectivity index (χ0v) is 16.0. The number of piperidine rings is 2. The van der Waals surface area contributed by atoms with Crippen LogP contribution in [0, 0.1) is 5.92 Å². The van der Waals surface area contributed by atoms with Crippen molar-refractivity contribution in [1.82, 2.24) is 14.8 Å². The molecule has 0 saturated carbocycles. The van der Waals surface area contributed by atoms with E-state index in [1.165, 1.54) is 7.11 Å². The van der Waals surface area contributed by atoms with Crippen LogP contribution in [0.25, 0.3) is 0 Å². The van der Waals surface area contributed by atoms with Gasteiger partial charge in [-0.15, -0.1) is 0 Å². The van der Waals surface area contributed by atoms with Gasteiger partial charge in [0.1, 0.15) is 6.61 Å². The normalized spacial score (nSPS) is 21.3. The number of ether oxygens (including phenoxy) is 2. The van der Waals surface area contributed by atoms with Crippen molar-refractivity contribution in [2.24, 2.45) is 5.92 Å². The van der Waals surface area contributed by atoms with E-state index in [4.69, 9.17) is 9.47 Å². The molecule has 1 atom stereocenters. The summed E-state index contributed by atoms with van der Waals surface area (Å²) < 4.78 is 10.9. The zero-order chi connectivity index (χ0) is 19.1. The van der Waals surface area contributed by atoms with Crippen LogP contribution >= 0.6 is 0 Å². The number of amides is 2. The van der Waals surface area contributed by atoms with E-state index in [0.717, 1.165) is 37.8 Å². The lowest BCUT2D eigenvalue weighted by atomic mass is 9.94. The fraction of sp³-hybridized carbons (Fsp3) is 0.650. The van der Waals surface area contributed by atoms with Crippen molar-refractivity contribution in [2.45, 2.75) is 38.4 Å². The Labute approximate surface area is 160 Å². The predicted molar refractivity (Wildman–Crippen MR) is 99.8 cm³/mol. The lowest BCUT2D eigenvalue weighted by Crippen LogP contribution is -2.49. The van der Waals surface area contributed by atoms with Crippen LogP contribution in [-0.2, 0) is 25.7 Å². The molecule has 3 heterocycles. The van der Waals surface area contributed by atoms with Gasteiger partial charge in [-0.3, -0.25) is 14.6 Å². The van der Waals surface area contributed by atoms with Crippen molar-refractivity contribution in [3.63, 3.8) is 0 Å². The van der Waals surface area contributed by atoms with Gasteiger partial charge in [0.25, 0.3) is 0 Å². The van der Waals surface area contributed by atoms with E-state index < -0.39 is 0 Å².